The molecular formula is C12H14BrF2N3O. The summed E-state index contributed by atoms with van der Waals surface area (Å²) in [5, 5.41) is 5.31. The van der Waals surface area contributed by atoms with Gasteiger partial charge in [0.15, 0.2) is 5.67 Å². The molecule has 1 aliphatic rings. The molecule has 104 valence electrons. The number of halogens is 3. The Balaban J connectivity index is 2.04. The van der Waals surface area contributed by atoms with Gasteiger partial charge in [-0.1, -0.05) is 6.07 Å². The van der Waals surface area contributed by atoms with Crippen molar-refractivity contribution < 1.29 is 13.6 Å². The Kier molecular flexibility index (Phi) is 4.15. The number of hydrogen-bond acceptors (Lipinski definition) is 3. The van der Waals surface area contributed by atoms with Crippen molar-refractivity contribution in [2.24, 2.45) is 0 Å². The molecule has 1 aromatic rings. The normalized spacial score (nSPS) is 26.4. The van der Waals surface area contributed by atoms with Gasteiger partial charge in [0.2, 0.25) is 5.91 Å². The molecule has 1 fully saturated rings. The first kappa shape index (κ1) is 14.3. The second-order valence-corrected chi connectivity index (χ2v) is 5.52. The average molecular weight is 334 g/mol. The predicted molar refractivity (Wildman–Crippen MR) is 71.5 cm³/mol. The van der Waals surface area contributed by atoms with Crippen LogP contribution in [-0.2, 0) is 4.79 Å². The van der Waals surface area contributed by atoms with Gasteiger partial charge in [-0.25, -0.2) is 13.8 Å². The zero-order chi connectivity index (χ0) is 14.0. The van der Waals surface area contributed by atoms with E-state index in [0.717, 1.165) is 5.56 Å². The first-order valence-electron chi connectivity index (χ1n) is 5.86. The Morgan fingerprint density at radius 1 is 1.68 bits per heavy atom. The molecule has 0 bridgehead atoms. The van der Waals surface area contributed by atoms with Crippen molar-refractivity contribution >= 4 is 27.7 Å². The van der Waals surface area contributed by atoms with Gasteiger partial charge in [0.1, 0.15) is 17.1 Å². The molecule has 2 rings (SSSR count). The minimum atomic E-state index is -1.94. The maximum Gasteiger partial charge on any atom is 0.242 e. The molecule has 2 unspecified atom stereocenters. The Bertz CT molecular complexity index is 500. The zero-order valence-electron chi connectivity index (χ0n) is 10.3. The molecule has 19 heavy (non-hydrogen) atoms. The molecule has 1 amide bonds. The van der Waals surface area contributed by atoms with E-state index < -0.39 is 24.3 Å². The van der Waals surface area contributed by atoms with Crippen LogP contribution in [0, 0.1) is 6.92 Å². The highest BCUT2D eigenvalue weighted by Crippen LogP contribution is 2.25. The number of aryl methyl sites for hydroxylation is 1. The summed E-state index contributed by atoms with van der Waals surface area (Å²) in [5.74, 6) is 0.0134. The van der Waals surface area contributed by atoms with Crippen molar-refractivity contribution in [1.82, 2.24) is 10.3 Å². The lowest BCUT2D eigenvalue weighted by molar-refractivity contribution is -0.118. The molecule has 1 aromatic heterocycles. The average Bonchev–Trinajstić information content (AvgIpc) is 2.77. The number of alkyl halides is 2. The second-order valence-electron chi connectivity index (χ2n) is 4.71. The summed E-state index contributed by atoms with van der Waals surface area (Å²) >= 11 is 3.21. The van der Waals surface area contributed by atoms with Crippen molar-refractivity contribution in [2.45, 2.75) is 25.1 Å². The third-order valence-corrected chi connectivity index (χ3v) is 3.54. The highest BCUT2D eigenvalue weighted by Gasteiger charge is 2.42. The maximum absolute atomic E-state index is 13.7. The highest BCUT2D eigenvalue weighted by molar-refractivity contribution is 9.10. The van der Waals surface area contributed by atoms with Crippen LogP contribution in [-0.4, -0.2) is 35.8 Å². The summed E-state index contributed by atoms with van der Waals surface area (Å²) < 4.78 is 26.8. The summed E-state index contributed by atoms with van der Waals surface area (Å²) in [5.41, 5.74) is -1.14. The molecular weight excluding hydrogens is 320 g/mol. The number of aromatic nitrogens is 1. The number of hydrogen-bond donors (Lipinski definition) is 2. The van der Waals surface area contributed by atoms with E-state index in [1.54, 1.807) is 19.1 Å². The van der Waals surface area contributed by atoms with Gasteiger partial charge in [-0.2, -0.15) is 0 Å². The number of rotatable bonds is 3. The van der Waals surface area contributed by atoms with Gasteiger partial charge >= 0.3 is 0 Å². The summed E-state index contributed by atoms with van der Waals surface area (Å²) in [6, 6.07) is 2.82. The number of amides is 1. The van der Waals surface area contributed by atoms with Gasteiger partial charge in [0, 0.05) is 13.0 Å². The van der Waals surface area contributed by atoms with Crippen LogP contribution in [0.5, 0.6) is 0 Å². The third-order valence-electron chi connectivity index (χ3n) is 3.10. The van der Waals surface area contributed by atoms with Crippen molar-refractivity contribution in [2.75, 3.05) is 18.5 Å². The lowest BCUT2D eigenvalue weighted by Crippen LogP contribution is -2.35. The molecule has 1 saturated heterocycles. The molecule has 2 N–H and O–H groups in total. The van der Waals surface area contributed by atoms with Gasteiger partial charge in [0.25, 0.3) is 0 Å². The van der Waals surface area contributed by atoms with Crippen LogP contribution in [0.2, 0.25) is 0 Å². The summed E-state index contributed by atoms with van der Waals surface area (Å²) in [6.45, 7) is 0.572. The third kappa shape index (κ3) is 3.27. The minimum absolute atomic E-state index is 0.146. The topological polar surface area (TPSA) is 54.0 Å². The van der Waals surface area contributed by atoms with Gasteiger partial charge in [-0.05, 0) is 34.5 Å². The monoisotopic (exact) mass is 333 g/mol. The Hall–Kier alpha value is -1.08. The van der Waals surface area contributed by atoms with E-state index in [1.807, 2.05) is 0 Å². The number of carbonyl (C=O) groups excluding carboxylic acids is 1. The first-order chi connectivity index (χ1) is 8.93. The molecule has 2 atom stereocenters. The number of nitrogens with zero attached hydrogens (tertiary/aromatic N) is 1. The fraction of sp³-hybridized carbons (Fsp3) is 0.500. The van der Waals surface area contributed by atoms with Gasteiger partial charge in [-0.15, -0.1) is 0 Å². The lowest BCUT2D eigenvalue weighted by atomic mass is 10.0. The number of carbonyl (C=O) groups is 1. The largest absolute Gasteiger partial charge is 0.309 e. The second kappa shape index (κ2) is 5.50. The van der Waals surface area contributed by atoms with E-state index in [1.165, 1.54) is 0 Å². The summed E-state index contributed by atoms with van der Waals surface area (Å²) in [4.78, 5) is 16.1. The predicted octanol–water partition coefficient (Wildman–Crippen LogP) is 2.13. The molecule has 4 nitrogen and oxygen atoms in total. The van der Waals surface area contributed by atoms with Gasteiger partial charge in [-0.3, -0.25) is 4.79 Å². The van der Waals surface area contributed by atoms with Gasteiger partial charge < -0.3 is 10.6 Å². The van der Waals surface area contributed by atoms with Crippen LogP contribution in [0.25, 0.3) is 0 Å². The number of anilines is 1. The fourth-order valence-electron chi connectivity index (χ4n) is 1.94. The minimum Gasteiger partial charge on any atom is -0.309 e. The van der Waals surface area contributed by atoms with E-state index in [9.17, 15) is 13.6 Å². The Morgan fingerprint density at radius 2 is 2.42 bits per heavy atom. The Labute approximate surface area is 118 Å². The highest BCUT2D eigenvalue weighted by atomic mass is 79.9. The molecule has 7 heteroatoms. The van der Waals surface area contributed by atoms with Crippen LogP contribution in [0.15, 0.2) is 16.7 Å². The van der Waals surface area contributed by atoms with Crippen LogP contribution in [0.3, 0.4) is 0 Å². The first-order valence-corrected chi connectivity index (χ1v) is 6.65. The molecule has 0 spiro atoms. The Morgan fingerprint density at radius 3 is 3.05 bits per heavy atom. The standard InChI is InChI=1S/C12H14BrF2N3O/c1-7-2-3-9(13)17-10(7)18-11(19)8-4-12(15,5-14)6-16-8/h2-3,8,16H,4-6H2,1H3,(H,17,18,19). The van der Waals surface area contributed by atoms with Crippen molar-refractivity contribution in [3.63, 3.8) is 0 Å². The smallest absolute Gasteiger partial charge is 0.242 e. The SMILES string of the molecule is Cc1ccc(Br)nc1NC(=O)C1CC(F)(CF)CN1. The molecule has 0 aromatic carbocycles. The van der Waals surface area contributed by atoms with Crippen molar-refractivity contribution in [1.29, 1.82) is 0 Å². The van der Waals surface area contributed by atoms with Crippen LogP contribution >= 0.6 is 15.9 Å². The zero-order valence-corrected chi connectivity index (χ0v) is 11.9. The van der Waals surface area contributed by atoms with E-state index in [2.05, 4.69) is 31.5 Å². The van der Waals surface area contributed by atoms with E-state index >= 15 is 0 Å². The number of nitrogens with one attached hydrogen (secondary N) is 2. The van der Waals surface area contributed by atoms with Crippen LogP contribution in [0.1, 0.15) is 12.0 Å². The van der Waals surface area contributed by atoms with E-state index in [4.69, 9.17) is 0 Å². The molecule has 2 heterocycles. The van der Waals surface area contributed by atoms with E-state index in [0.29, 0.717) is 10.4 Å². The molecule has 1 aliphatic heterocycles. The fourth-order valence-corrected chi connectivity index (χ4v) is 2.25. The van der Waals surface area contributed by atoms with E-state index in [-0.39, 0.29) is 13.0 Å². The van der Waals surface area contributed by atoms with Crippen LogP contribution < -0.4 is 10.6 Å². The summed E-state index contributed by atoms with van der Waals surface area (Å²) in [7, 11) is 0. The molecule has 0 radical (unpaired) electrons. The number of pyridine rings is 1. The van der Waals surface area contributed by atoms with Crippen LogP contribution in [0.4, 0.5) is 14.6 Å². The lowest BCUT2D eigenvalue weighted by Gasteiger charge is -2.14. The summed E-state index contributed by atoms with van der Waals surface area (Å²) in [6.07, 6.45) is -0.164. The van der Waals surface area contributed by atoms with Crippen molar-refractivity contribution in [3.05, 3.63) is 22.3 Å². The maximum atomic E-state index is 13.7. The van der Waals surface area contributed by atoms with Crippen molar-refractivity contribution in [3.8, 4) is 0 Å². The molecule has 0 saturated carbocycles. The van der Waals surface area contributed by atoms with Gasteiger partial charge in [0.05, 0.1) is 6.04 Å². The quantitative estimate of drug-likeness (QED) is 0.833. The molecule has 0 aliphatic carbocycles.